The van der Waals surface area contributed by atoms with Gasteiger partial charge in [0.2, 0.25) is 11.6 Å². The van der Waals surface area contributed by atoms with Gasteiger partial charge in [0.1, 0.15) is 35.9 Å². The smallest absolute Gasteiger partial charge is 0.342 e. The maximum Gasteiger partial charge on any atom is 0.342 e. The number of hydrogen-bond donors (Lipinski definition) is 3. The topological polar surface area (TPSA) is 130 Å². The van der Waals surface area contributed by atoms with Crippen LogP contribution in [0, 0.1) is 5.92 Å². The molecule has 1 unspecified atom stereocenters. The van der Waals surface area contributed by atoms with Gasteiger partial charge in [0.25, 0.3) is 0 Å². The normalized spacial score (nSPS) is 26.0. The SMILES string of the molecule is C[C@@H]1CCC(O)C(=O)C(=O)COCc2cc(O)cc(O)c2C(=O)O[C@H]1C. The van der Waals surface area contributed by atoms with Crippen LogP contribution < -0.4 is 0 Å². The Hall–Kier alpha value is -2.45. The number of esters is 1. The summed E-state index contributed by atoms with van der Waals surface area (Å²) in [5.74, 6) is -3.57. The number of rotatable bonds is 0. The Balaban J connectivity index is 2.36. The zero-order valence-electron chi connectivity index (χ0n) is 14.6. The molecule has 8 nitrogen and oxygen atoms in total. The Morgan fingerprint density at radius 2 is 1.73 bits per heavy atom. The first-order chi connectivity index (χ1) is 12.2. The number of aliphatic hydroxyl groups is 1. The minimum Gasteiger partial charge on any atom is -0.508 e. The number of cyclic esters (lactones) is 1. The second-order valence-corrected chi connectivity index (χ2v) is 6.46. The van der Waals surface area contributed by atoms with Gasteiger partial charge in [-0.15, -0.1) is 0 Å². The van der Waals surface area contributed by atoms with E-state index in [2.05, 4.69) is 0 Å². The summed E-state index contributed by atoms with van der Waals surface area (Å²) < 4.78 is 10.5. The molecule has 3 atom stereocenters. The molecule has 0 bridgehead atoms. The summed E-state index contributed by atoms with van der Waals surface area (Å²) in [6, 6.07) is 2.21. The molecule has 1 aromatic carbocycles. The fourth-order valence-corrected chi connectivity index (χ4v) is 2.66. The first-order valence-corrected chi connectivity index (χ1v) is 8.29. The van der Waals surface area contributed by atoms with Crippen molar-refractivity contribution in [3.05, 3.63) is 23.3 Å². The number of Topliss-reactive ketones (excluding diaryl/α,β-unsaturated/α-hetero) is 2. The number of phenolic OH excluding ortho intramolecular Hbond substituents is 2. The second-order valence-electron chi connectivity index (χ2n) is 6.46. The predicted molar refractivity (Wildman–Crippen MR) is 88.7 cm³/mol. The summed E-state index contributed by atoms with van der Waals surface area (Å²) in [4.78, 5) is 36.1. The highest BCUT2D eigenvalue weighted by Gasteiger charge is 2.28. The van der Waals surface area contributed by atoms with E-state index in [1.165, 1.54) is 6.07 Å². The monoisotopic (exact) mass is 366 g/mol. The molecule has 1 aromatic rings. The van der Waals surface area contributed by atoms with Crippen molar-refractivity contribution in [1.29, 1.82) is 0 Å². The van der Waals surface area contributed by atoms with Crippen molar-refractivity contribution >= 4 is 17.5 Å². The molecule has 0 saturated carbocycles. The van der Waals surface area contributed by atoms with Crippen LogP contribution in [0.15, 0.2) is 12.1 Å². The van der Waals surface area contributed by atoms with E-state index in [-0.39, 0.29) is 35.8 Å². The van der Waals surface area contributed by atoms with Crippen LogP contribution in [0.3, 0.4) is 0 Å². The van der Waals surface area contributed by atoms with Crippen LogP contribution in [0.2, 0.25) is 0 Å². The largest absolute Gasteiger partial charge is 0.508 e. The number of aliphatic hydroxyl groups excluding tert-OH is 1. The zero-order chi connectivity index (χ0) is 19.4. The summed E-state index contributed by atoms with van der Waals surface area (Å²) >= 11 is 0. The third-order valence-electron chi connectivity index (χ3n) is 4.45. The lowest BCUT2D eigenvalue weighted by Crippen LogP contribution is -2.33. The Morgan fingerprint density at radius 1 is 1.04 bits per heavy atom. The van der Waals surface area contributed by atoms with Gasteiger partial charge in [-0.05, 0) is 37.3 Å². The summed E-state index contributed by atoms with van der Waals surface area (Å²) in [5, 5.41) is 29.5. The molecule has 0 aromatic heterocycles. The summed E-state index contributed by atoms with van der Waals surface area (Å²) in [6.07, 6.45) is -1.59. The molecule has 2 rings (SSSR count). The molecule has 0 spiro atoms. The molecule has 1 aliphatic rings. The minimum atomic E-state index is -1.43. The van der Waals surface area contributed by atoms with Gasteiger partial charge in [-0.3, -0.25) is 9.59 Å². The van der Waals surface area contributed by atoms with Crippen LogP contribution in [0.5, 0.6) is 11.5 Å². The molecule has 26 heavy (non-hydrogen) atoms. The third kappa shape index (κ3) is 4.59. The highest BCUT2D eigenvalue weighted by molar-refractivity contribution is 6.39. The molecule has 0 fully saturated rings. The lowest BCUT2D eigenvalue weighted by atomic mass is 9.95. The molecule has 0 amide bonds. The summed E-state index contributed by atoms with van der Waals surface area (Å²) in [5.41, 5.74) is -0.0528. The number of ether oxygens (including phenoxy) is 2. The molecule has 0 radical (unpaired) electrons. The van der Waals surface area contributed by atoms with Gasteiger partial charge in [-0.1, -0.05) is 6.92 Å². The Labute approximate surface area is 150 Å². The van der Waals surface area contributed by atoms with E-state index in [0.29, 0.717) is 6.42 Å². The number of aromatic hydroxyl groups is 2. The van der Waals surface area contributed by atoms with Crippen LogP contribution >= 0.6 is 0 Å². The van der Waals surface area contributed by atoms with Crippen LogP contribution in [-0.2, 0) is 25.7 Å². The molecule has 3 N–H and O–H groups in total. The Bertz CT molecular complexity index is 711. The van der Waals surface area contributed by atoms with Crippen LogP contribution in [0.4, 0.5) is 0 Å². The first-order valence-electron chi connectivity index (χ1n) is 8.29. The summed E-state index contributed by atoms with van der Waals surface area (Å²) in [7, 11) is 0. The van der Waals surface area contributed by atoms with E-state index in [0.717, 1.165) is 6.07 Å². The van der Waals surface area contributed by atoms with Crippen molar-refractivity contribution in [3.63, 3.8) is 0 Å². The average Bonchev–Trinajstić information content (AvgIpc) is 2.56. The number of phenols is 2. The number of benzene rings is 1. The number of carbonyl (C=O) groups excluding carboxylic acids is 3. The molecule has 0 saturated heterocycles. The Kier molecular flexibility index (Phi) is 6.33. The van der Waals surface area contributed by atoms with E-state index < -0.39 is 42.1 Å². The maximum atomic E-state index is 12.5. The molecule has 8 heteroatoms. The number of carbonyl (C=O) groups is 3. The molecule has 1 heterocycles. The first kappa shape index (κ1) is 19.9. The van der Waals surface area contributed by atoms with Gasteiger partial charge in [0, 0.05) is 6.07 Å². The zero-order valence-corrected chi connectivity index (χ0v) is 14.6. The van der Waals surface area contributed by atoms with Gasteiger partial charge >= 0.3 is 5.97 Å². The molecular weight excluding hydrogens is 344 g/mol. The predicted octanol–water partition coefficient (Wildman–Crippen LogP) is 1.09. The lowest BCUT2D eigenvalue weighted by molar-refractivity contribution is -0.144. The fraction of sp³-hybridized carbons (Fsp3) is 0.500. The molecule has 142 valence electrons. The highest BCUT2D eigenvalue weighted by atomic mass is 16.5. The van der Waals surface area contributed by atoms with Crippen LogP contribution in [0.1, 0.15) is 42.6 Å². The van der Waals surface area contributed by atoms with E-state index in [4.69, 9.17) is 9.47 Å². The standard InChI is InChI=1S/C18H22O8/c1-9-3-4-13(20)17(23)15(22)8-25-7-11-5-12(19)6-14(21)16(11)18(24)26-10(9)2/h5-6,9-10,13,19-21H,3-4,7-8H2,1-2H3/t9-,10+,13?/m1/s1. The van der Waals surface area contributed by atoms with Gasteiger partial charge in [0.15, 0.2) is 0 Å². The van der Waals surface area contributed by atoms with Crippen molar-refractivity contribution in [2.24, 2.45) is 5.92 Å². The van der Waals surface area contributed by atoms with Crippen LogP contribution in [0.25, 0.3) is 0 Å². The van der Waals surface area contributed by atoms with E-state index in [1.54, 1.807) is 13.8 Å². The average molecular weight is 366 g/mol. The second kappa shape index (κ2) is 8.29. The van der Waals surface area contributed by atoms with E-state index >= 15 is 0 Å². The number of hydrogen-bond acceptors (Lipinski definition) is 8. The van der Waals surface area contributed by atoms with Crippen molar-refractivity contribution in [3.8, 4) is 11.5 Å². The van der Waals surface area contributed by atoms with Crippen molar-refractivity contribution in [2.75, 3.05) is 6.61 Å². The molecule has 1 aliphatic heterocycles. The third-order valence-corrected chi connectivity index (χ3v) is 4.45. The van der Waals surface area contributed by atoms with Crippen molar-refractivity contribution in [2.45, 2.75) is 45.5 Å². The van der Waals surface area contributed by atoms with Gasteiger partial charge < -0.3 is 24.8 Å². The number of ketones is 2. The lowest BCUT2D eigenvalue weighted by Gasteiger charge is -2.22. The highest BCUT2D eigenvalue weighted by Crippen LogP contribution is 2.30. The van der Waals surface area contributed by atoms with Crippen molar-refractivity contribution in [1.82, 2.24) is 0 Å². The molecular formula is C18H22O8. The minimum absolute atomic E-state index is 0.0589. The van der Waals surface area contributed by atoms with Gasteiger partial charge in [-0.25, -0.2) is 4.79 Å². The van der Waals surface area contributed by atoms with E-state index in [9.17, 15) is 29.7 Å². The van der Waals surface area contributed by atoms with Crippen molar-refractivity contribution < 1.29 is 39.2 Å². The molecule has 0 aliphatic carbocycles. The quantitative estimate of drug-likeness (QED) is 0.459. The van der Waals surface area contributed by atoms with Gasteiger partial charge in [-0.2, -0.15) is 0 Å². The van der Waals surface area contributed by atoms with E-state index in [1.807, 2.05) is 0 Å². The number of fused-ring (bicyclic) bond motifs is 1. The Morgan fingerprint density at radius 3 is 2.42 bits per heavy atom. The summed E-state index contributed by atoms with van der Waals surface area (Å²) in [6.45, 7) is 2.53. The maximum absolute atomic E-state index is 12.5. The fourth-order valence-electron chi connectivity index (χ4n) is 2.66. The van der Waals surface area contributed by atoms with Gasteiger partial charge in [0.05, 0.1) is 6.61 Å². The van der Waals surface area contributed by atoms with Crippen LogP contribution in [-0.4, -0.2) is 51.7 Å².